The fraction of sp³-hybridized carbons (Fsp3) is 0.385. The van der Waals surface area contributed by atoms with Crippen LogP contribution in [0.3, 0.4) is 0 Å². The van der Waals surface area contributed by atoms with E-state index in [2.05, 4.69) is 23.9 Å². The van der Waals surface area contributed by atoms with Crippen molar-refractivity contribution in [2.45, 2.75) is 6.61 Å². The highest BCUT2D eigenvalue weighted by Crippen LogP contribution is 2.28. The molecule has 3 aromatic rings. The molecule has 7 nitrogen and oxygen atoms in total. The van der Waals surface area contributed by atoms with E-state index in [1.807, 2.05) is 35.9 Å². The third kappa shape index (κ3) is 6.72. The van der Waals surface area contributed by atoms with E-state index in [0.717, 1.165) is 37.1 Å². The fourth-order valence-electron chi connectivity index (χ4n) is 4.32. The number of ether oxygens (including phenoxy) is 1. The second kappa shape index (κ2) is 13.3. The lowest BCUT2D eigenvalue weighted by Gasteiger charge is -2.34. The van der Waals surface area contributed by atoms with Crippen molar-refractivity contribution in [2.24, 2.45) is 7.05 Å². The van der Waals surface area contributed by atoms with Crippen molar-refractivity contribution in [1.29, 1.82) is 0 Å². The lowest BCUT2D eigenvalue weighted by molar-refractivity contribution is -0.128. The van der Waals surface area contributed by atoms with Gasteiger partial charge in [0.05, 0.1) is 11.3 Å². The summed E-state index contributed by atoms with van der Waals surface area (Å²) in [5.41, 5.74) is 1.99. The number of rotatable bonds is 8. The molecule has 1 saturated heterocycles. The largest absolute Gasteiger partial charge is 0.487 e. The number of aryl methyl sites for hydroxylation is 1. The molecule has 1 fully saturated rings. The number of carbonyl (C=O) groups excluding carboxylic acids is 2. The summed E-state index contributed by atoms with van der Waals surface area (Å²) in [6.07, 6.45) is 0. The quantitative estimate of drug-likeness (QED) is 0.309. The fourth-order valence-corrected chi connectivity index (χ4v) is 4.44. The van der Waals surface area contributed by atoms with Gasteiger partial charge in [-0.05, 0) is 44.4 Å². The predicted molar refractivity (Wildman–Crippen MR) is 149 cm³/mol. The number of piperazine rings is 1. The van der Waals surface area contributed by atoms with Crippen molar-refractivity contribution in [3.8, 4) is 5.75 Å². The molecular formula is C26H33Cl3N4O3. The number of likely N-dealkylation sites (N-methyl/N-ethyl adjacent to an activating group) is 1. The van der Waals surface area contributed by atoms with Crippen LogP contribution in [-0.4, -0.2) is 84.3 Å². The molecule has 0 N–H and O–H groups in total. The zero-order chi connectivity index (χ0) is 24.2. The number of amides is 1. The van der Waals surface area contributed by atoms with E-state index in [-0.39, 0.29) is 31.4 Å². The molecule has 196 valence electrons. The monoisotopic (exact) mass is 554 g/mol. The van der Waals surface area contributed by atoms with Crippen molar-refractivity contribution >= 4 is 59.0 Å². The smallest absolute Gasteiger partial charge is 0.295 e. The Balaban J connectivity index is 0.00000228. The van der Waals surface area contributed by atoms with Gasteiger partial charge in [-0.3, -0.25) is 14.5 Å². The molecular weight excluding hydrogens is 523 g/mol. The molecule has 1 amide bonds. The number of ketones is 1. The number of hydrogen-bond acceptors (Lipinski definition) is 5. The molecule has 0 radical (unpaired) electrons. The lowest BCUT2D eigenvalue weighted by atomic mass is 10.0. The van der Waals surface area contributed by atoms with Crippen LogP contribution >= 0.6 is 36.4 Å². The van der Waals surface area contributed by atoms with Crippen molar-refractivity contribution in [3.05, 3.63) is 64.8 Å². The van der Waals surface area contributed by atoms with Crippen molar-refractivity contribution < 1.29 is 14.3 Å². The normalized spacial score (nSPS) is 13.9. The van der Waals surface area contributed by atoms with Gasteiger partial charge >= 0.3 is 0 Å². The molecule has 0 spiro atoms. The first-order valence-electron chi connectivity index (χ1n) is 11.5. The Morgan fingerprint density at radius 1 is 0.972 bits per heavy atom. The van der Waals surface area contributed by atoms with Crippen LogP contribution in [0.5, 0.6) is 5.75 Å². The van der Waals surface area contributed by atoms with E-state index in [9.17, 15) is 9.59 Å². The average Bonchev–Trinajstić information content (AvgIpc) is 3.13. The van der Waals surface area contributed by atoms with Gasteiger partial charge in [-0.2, -0.15) is 0 Å². The third-order valence-electron chi connectivity index (χ3n) is 6.36. The Bertz CT molecular complexity index is 1170. The maximum absolute atomic E-state index is 13.5. The van der Waals surface area contributed by atoms with Gasteiger partial charge in [0.15, 0.2) is 0 Å². The topological polar surface area (TPSA) is 58.0 Å². The number of hydrogen-bond donors (Lipinski definition) is 0. The Hall–Kier alpha value is -2.29. The summed E-state index contributed by atoms with van der Waals surface area (Å²) < 4.78 is 7.90. The Morgan fingerprint density at radius 3 is 2.25 bits per heavy atom. The van der Waals surface area contributed by atoms with Crippen LogP contribution < -0.4 is 4.74 Å². The van der Waals surface area contributed by atoms with E-state index < -0.39 is 11.7 Å². The molecule has 0 aliphatic carbocycles. The molecule has 10 heteroatoms. The second-order valence-corrected chi connectivity index (χ2v) is 9.34. The van der Waals surface area contributed by atoms with Gasteiger partial charge < -0.3 is 19.1 Å². The molecule has 2 aromatic carbocycles. The minimum Gasteiger partial charge on any atom is -0.487 e. The Kier molecular flexibility index (Phi) is 11.1. The van der Waals surface area contributed by atoms with Gasteiger partial charge in [0.25, 0.3) is 11.7 Å². The second-order valence-electron chi connectivity index (χ2n) is 8.91. The summed E-state index contributed by atoms with van der Waals surface area (Å²) >= 11 is 5.97. The predicted octanol–water partition coefficient (Wildman–Crippen LogP) is 4.14. The Labute approximate surface area is 229 Å². The highest BCUT2D eigenvalue weighted by Gasteiger charge is 2.31. The summed E-state index contributed by atoms with van der Waals surface area (Å²) in [5, 5.41) is 1.39. The third-order valence-corrected chi connectivity index (χ3v) is 6.61. The van der Waals surface area contributed by atoms with Gasteiger partial charge in [-0.15, -0.1) is 24.8 Å². The molecule has 36 heavy (non-hydrogen) atoms. The highest BCUT2D eigenvalue weighted by atomic mass is 35.5. The number of para-hydroxylation sites is 1. The maximum Gasteiger partial charge on any atom is 0.295 e. The number of aromatic nitrogens is 1. The van der Waals surface area contributed by atoms with Crippen LogP contribution in [0.2, 0.25) is 5.02 Å². The number of carbonyl (C=O) groups is 2. The van der Waals surface area contributed by atoms with Crippen LogP contribution in [-0.2, 0) is 18.4 Å². The molecule has 0 unspecified atom stereocenters. The molecule has 2 heterocycles. The molecule has 1 aliphatic heterocycles. The van der Waals surface area contributed by atoms with Gasteiger partial charge in [0.1, 0.15) is 12.4 Å². The minimum atomic E-state index is -0.478. The Morgan fingerprint density at radius 2 is 1.61 bits per heavy atom. The van der Waals surface area contributed by atoms with Crippen LogP contribution in [0.4, 0.5) is 0 Å². The summed E-state index contributed by atoms with van der Waals surface area (Å²) in [7, 11) is 6.00. The molecule has 1 aromatic heterocycles. The van der Waals surface area contributed by atoms with E-state index in [1.54, 1.807) is 29.2 Å². The van der Waals surface area contributed by atoms with Gasteiger partial charge in [-0.25, -0.2) is 0 Å². The standard InChI is InChI=1S/C26H31ClN4O3.2ClH/c1-28(2)12-13-30-14-16-31(17-15-30)26(33)25(32)24-21-6-4-5-7-22(21)29(3)23(24)18-34-20-10-8-19(27)9-11-20;;/h4-11H,12-18H2,1-3H3;2*1H. The summed E-state index contributed by atoms with van der Waals surface area (Å²) in [5.74, 6) is -0.280. The SMILES string of the molecule is CN(C)CCN1CCN(C(=O)C(=O)c2c(COc3ccc(Cl)cc3)n(C)c3ccccc23)CC1.Cl.Cl. The lowest BCUT2D eigenvalue weighted by Crippen LogP contribution is -2.51. The van der Waals surface area contributed by atoms with Crippen molar-refractivity contribution in [3.63, 3.8) is 0 Å². The van der Waals surface area contributed by atoms with Crippen LogP contribution in [0.25, 0.3) is 10.9 Å². The van der Waals surface area contributed by atoms with Gasteiger partial charge in [0, 0.05) is 62.2 Å². The van der Waals surface area contributed by atoms with Gasteiger partial charge in [0.2, 0.25) is 0 Å². The number of benzene rings is 2. The van der Waals surface area contributed by atoms with Crippen molar-refractivity contribution in [2.75, 3.05) is 53.4 Å². The van der Waals surface area contributed by atoms with Gasteiger partial charge in [-0.1, -0.05) is 29.8 Å². The summed E-state index contributed by atoms with van der Waals surface area (Å²) in [6, 6.07) is 14.7. The van der Waals surface area contributed by atoms with Crippen LogP contribution in [0, 0.1) is 0 Å². The molecule has 0 saturated carbocycles. The number of fused-ring (bicyclic) bond motifs is 1. The molecule has 1 aliphatic rings. The zero-order valence-corrected chi connectivity index (χ0v) is 23.2. The number of nitrogens with zero attached hydrogens (tertiary/aromatic N) is 4. The molecule has 4 rings (SSSR count). The first-order valence-corrected chi connectivity index (χ1v) is 11.9. The number of Topliss-reactive ketones (excluding diaryl/α,β-unsaturated/α-hetero) is 1. The van der Waals surface area contributed by atoms with Crippen LogP contribution in [0.1, 0.15) is 16.1 Å². The molecule has 0 bridgehead atoms. The minimum absolute atomic E-state index is 0. The number of halogens is 3. The van der Waals surface area contributed by atoms with Crippen molar-refractivity contribution in [1.82, 2.24) is 19.3 Å². The van der Waals surface area contributed by atoms with Crippen LogP contribution in [0.15, 0.2) is 48.5 Å². The highest BCUT2D eigenvalue weighted by molar-refractivity contribution is 6.45. The maximum atomic E-state index is 13.5. The summed E-state index contributed by atoms with van der Waals surface area (Å²) in [6.45, 7) is 4.75. The first kappa shape index (κ1) is 29.9. The first-order chi connectivity index (χ1) is 16.3. The molecule has 0 atom stereocenters. The van der Waals surface area contributed by atoms with E-state index in [1.165, 1.54) is 0 Å². The van der Waals surface area contributed by atoms with E-state index in [4.69, 9.17) is 16.3 Å². The average molecular weight is 556 g/mol. The van der Waals surface area contributed by atoms with E-state index in [0.29, 0.717) is 35.1 Å². The summed E-state index contributed by atoms with van der Waals surface area (Å²) in [4.78, 5) is 33.0. The zero-order valence-electron chi connectivity index (χ0n) is 20.8. The van der Waals surface area contributed by atoms with E-state index >= 15 is 0 Å².